The summed E-state index contributed by atoms with van der Waals surface area (Å²) < 4.78 is 45.5. The molecule has 45 heavy (non-hydrogen) atoms. The normalized spacial score (nSPS) is 23.8. The van der Waals surface area contributed by atoms with Gasteiger partial charge in [-0.25, -0.2) is 0 Å². The van der Waals surface area contributed by atoms with Crippen molar-refractivity contribution in [3.8, 4) is 23.0 Å². The molecule has 8 rings (SSSR count). The van der Waals surface area contributed by atoms with Crippen LogP contribution in [0.1, 0.15) is 0 Å². The van der Waals surface area contributed by atoms with Crippen LogP contribution >= 0.6 is 0 Å². The van der Waals surface area contributed by atoms with E-state index in [0.29, 0.717) is 26.4 Å². The number of epoxide rings is 4. The first-order valence-electron chi connectivity index (χ1n) is 15.6. The molecule has 0 amide bonds. The Hall–Kier alpha value is -3.86. The second kappa shape index (κ2) is 12.5. The molecular weight excluding hydrogens is 588 g/mol. The maximum absolute atomic E-state index is 6.03. The van der Waals surface area contributed by atoms with Gasteiger partial charge < -0.3 is 37.9 Å². The van der Waals surface area contributed by atoms with E-state index in [1.165, 1.54) is 20.7 Å². The SMILES string of the molecule is c1cc([Si](c2ccc(OCC3CO3)cc2)(c2ccc(OCC3CO3)cc2)c2ccc(OCC3CO3)cc2)ccc1OCC1CO1. The van der Waals surface area contributed by atoms with E-state index in [1.807, 2.05) is 0 Å². The second-order valence-corrected chi connectivity index (χ2v) is 15.7. The molecule has 4 aromatic carbocycles. The molecule has 0 saturated carbocycles. The Morgan fingerprint density at radius 2 is 0.578 bits per heavy atom. The molecular formula is C36H36O8Si. The molecule has 4 aliphatic heterocycles. The van der Waals surface area contributed by atoms with Crippen molar-refractivity contribution in [2.75, 3.05) is 52.9 Å². The Morgan fingerprint density at radius 3 is 0.756 bits per heavy atom. The van der Waals surface area contributed by atoms with Gasteiger partial charge in [0.05, 0.1) is 26.4 Å². The first-order valence-corrected chi connectivity index (χ1v) is 17.6. The van der Waals surface area contributed by atoms with Crippen LogP contribution in [0.2, 0.25) is 0 Å². The highest BCUT2D eigenvalue weighted by atomic mass is 28.3. The number of ether oxygens (including phenoxy) is 8. The van der Waals surface area contributed by atoms with E-state index in [-0.39, 0.29) is 24.4 Å². The third kappa shape index (κ3) is 6.88. The van der Waals surface area contributed by atoms with Crippen molar-refractivity contribution in [1.29, 1.82) is 0 Å². The Morgan fingerprint density at radius 1 is 0.378 bits per heavy atom. The molecule has 0 aliphatic carbocycles. The zero-order valence-corrected chi connectivity index (χ0v) is 26.0. The van der Waals surface area contributed by atoms with E-state index >= 15 is 0 Å². The lowest BCUT2D eigenvalue weighted by molar-refractivity contribution is 0.263. The molecule has 0 bridgehead atoms. The fourth-order valence-corrected chi connectivity index (χ4v) is 10.3. The quantitative estimate of drug-likeness (QED) is 0.107. The van der Waals surface area contributed by atoms with Crippen LogP contribution in [0.3, 0.4) is 0 Å². The van der Waals surface area contributed by atoms with Crippen LogP contribution in [0.25, 0.3) is 0 Å². The summed E-state index contributed by atoms with van der Waals surface area (Å²) >= 11 is 0. The van der Waals surface area contributed by atoms with Crippen molar-refractivity contribution in [2.45, 2.75) is 24.4 Å². The highest BCUT2D eigenvalue weighted by Crippen LogP contribution is 2.21. The van der Waals surface area contributed by atoms with Gasteiger partial charge in [0.2, 0.25) is 0 Å². The Labute approximate surface area is 263 Å². The predicted octanol–water partition coefficient (Wildman–Crippen LogP) is 2.17. The molecule has 4 heterocycles. The van der Waals surface area contributed by atoms with E-state index in [9.17, 15) is 0 Å². The predicted molar refractivity (Wildman–Crippen MR) is 171 cm³/mol. The van der Waals surface area contributed by atoms with E-state index in [4.69, 9.17) is 37.9 Å². The lowest BCUT2D eigenvalue weighted by atomic mass is 10.3. The average Bonchev–Trinajstić information content (AvgIpc) is 3.90. The van der Waals surface area contributed by atoms with Crippen molar-refractivity contribution < 1.29 is 37.9 Å². The summed E-state index contributed by atoms with van der Waals surface area (Å²) in [5, 5.41) is 4.94. The van der Waals surface area contributed by atoms with E-state index in [2.05, 4.69) is 97.1 Å². The van der Waals surface area contributed by atoms with Gasteiger partial charge in [-0.1, -0.05) is 48.5 Å². The van der Waals surface area contributed by atoms with Crippen LogP contribution in [0.15, 0.2) is 97.1 Å². The van der Waals surface area contributed by atoms with Crippen LogP contribution in [-0.4, -0.2) is 85.3 Å². The molecule has 8 nitrogen and oxygen atoms in total. The van der Waals surface area contributed by atoms with Gasteiger partial charge in [-0.2, -0.15) is 0 Å². The number of hydrogen-bond acceptors (Lipinski definition) is 8. The van der Waals surface area contributed by atoms with Crippen LogP contribution in [0.4, 0.5) is 0 Å². The van der Waals surface area contributed by atoms with Gasteiger partial charge in [0.25, 0.3) is 0 Å². The Balaban J connectivity index is 1.19. The third-order valence-corrected chi connectivity index (χ3v) is 13.3. The Kier molecular flexibility index (Phi) is 7.94. The molecule has 9 heteroatoms. The fraction of sp³-hybridized carbons (Fsp3) is 0.333. The maximum atomic E-state index is 6.03. The van der Waals surface area contributed by atoms with Crippen molar-refractivity contribution >= 4 is 28.8 Å². The van der Waals surface area contributed by atoms with Crippen molar-refractivity contribution in [1.82, 2.24) is 0 Å². The third-order valence-electron chi connectivity index (χ3n) is 8.50. The van der Waals surface area contributed by atoms with Crippen molar-refractivity contribution in [3.05, 3.63) is 97.1 Å². The van der Waals surface area contributed by atoms with Gasteiger partial charge in [0.1, 0.15) is 73.8 Å². The summed E-state index contributed by atoms with van der Waals surface area (Å²) in [7, 11) is -2.84. The first-order chi connectivity index (χ1) is 22.2. The molecule has 0 aromatic heterocycles. The van der Waals surface area contributed by atoms with Crippen LogP contribution in [0, 0.1) is 0 Å². The number of hydrogen-bond donors (Lipinski definition) is 0. The van der Waals surface area contributed by atoms with Crippen LogP contribution in [0.5, 0.6) is 23.0 Å². The zero-order chi connectivity index (χ0) is 30.1. The van der Waals surface area contributed by atoms with Crippen LogP contribution < -0.4 is 39.7 Å². The van der Waals surface area contributed by atoms with Crippen LogP contribution in [-0.2, 0) is 18.9 Å². The minimum atomic E-state index is -2.84. The fourth-order valence-electron chi connectivity index (χ4n) is 5.62. The minimum Gasteiger partial charge on any atom is -0.491 e. The standard InChI is InChI=1S/C36H36O8Si/c1-9-33(10-2-25(1)37-17-29-21-41-29)45(34-11-3-26(4-12-34)38-18-30-22-42-30,35-13-5-27(6-14-35)39-19-31-23-43-31)36-15-7-28(8-16-36)40-20-32-24-44-32/h1-16,29-32H,17-24H2. The second-order valence-electron chi connectivity index (χ2n) is 11.9. The molecule has 0 N–H and O–H groups in total. The monoisotopic (exact) mass is 624 g/mol. The highest BCUT2D eigenvalue weighted by molar-refractivity contribution is 7.19. The van der Waals surface area contributed by atoms with Gasteiger partial charge in [0.15, 0.2) is 8.07 Å². The van der Waals surface area contributed by atoms with E-state index in [1.54, 1.807) is 0 Å². The summed E-state index contributed by atoms with van der Waals surface area (Å²) in [6, 6.07) is 34.3. The van der Waals surface area contributed by atoms with E-state index < -0.39 is 8.07 Å². The van der Waals surface area contributed by atoms with Gasteiger partial charge in [-0.15, -0.1) is 0 Å². The lowest BCUT2D eigenvalue weighted by Gasteiger charge is -2.34. The van der Waals surface area contributed by atoms with E-state index in [0.717, 1.165) is 49.4 Å². The molecule has 232 valence electrons. The maximum Gasteiger partial charge on any atom is 0.179 e. The molecule has 4 aromatic rings. The molecule has 0 spiro atoms. The smallest absolute Gasteiger partial charge is 0.179 e. The Bertz CT molecular complexity index is 1320. The molecule has 4 unspecified atom stereocenters. The largest absolute Gasteiger partial charge is 0.491 e. The number of benzene rings is 4. The molecule has 4 aliphatic rings. The van der Waals surface area contributed by atoms with Gasteiger partial charge >= 0.3 is 0 Å². The summed E-state index contributed by atoms with van der Waals surface area (Å²) in [4.78, 5) is 0. The minimum absolute atomic E-state index is 0.199. The average molecular weight is 625 g/mol. The summed E-state index contributed by atoms with van der Waals surface area (Å²) in [6.07, 6.45) is 0.795. The summed E-state index contributed by atoms with van der Waals surface area (Å²) in [5.41, 5.74) is 0. The zero-order valence-electron chi connectivity index (χ0n) is 25.0. The van der Waals surface area contributed by atoms with Crippen molar-refractivity contribution in [3.63, 3.8) is 0 Å². The lowest BCUT2D eigenvalue weighted by Crippen LogP contribution is -2.74. The number of rotatable bonds is 16. The summed E-state index contributed by atoms with van der Waals surface area (Å²) in [6.45, 7) is 5.33. The van der Waals surface area contributed by atoms with Gasteiger partial charge in [-0.05, 0) is 69.3 Å². The molecule has 0 radical (unpaired) electrons. The topological polar surface area (TPSA) is 87.0 Å². The van der Waals surface area contributed by atoms with Gasteiger partial charge in [-0.3, -0.25) is 0 Å². The van der Waals surface area contributed by atoms with Crippen molar-refractivity contribution in [2.24, 2.45) is 0 Å². The molecule has 4 atom stereocenters. The first kappa shape index (κ1) is 28.6. The summed E-state index contributed by atoms with van der Waals surface area (Å²) in [5.74, 6) is 3.33. The van der Waals surface area contributed by atoms with Gasteiger partial charge in [0, 0.05) is 0 Å². The molecule has 4 saturated heterocycles. The molecule has 4 fully saturated rings. The highest BCUT2D eigenvalue weighted by Gasteiger charge is 2.42.